The molecule has 2 aromatic rings. The maximum atomic E-state index is 12.8. The van der Waals surface area contributed by atoms with Crippen molar-refractivity contribution in [2.45, 2.75) is 12.0 Å². The number of ether oxygens (including phenoxy) is 1. The van der Waals surface area contributed by atoms with E-state index >= 15 is 0 Å². The fourth-order valence-electron chi connectivity index (χ4n) is 3.10. The molecule has 2 aliphatic heterocycles. The number of hydrogen-bond donors (Lipinski definition) is 1. The van der Waals surface area contributed by atoms with E-state index in [9.17, 15) is 9.59 Å². The Bertz CT molecular complexity index is 751. The van der Waals surface area contributed by atoms with Crippen LogP contribution in [-0.2, 0) is 20.7 Å². The summed E-state index contributed by atoms with van der Waals surface area (Å²) in [7, 11) is 0. The minimum Gasteiger partial charge on any atom is -0.376 e. The van der Waals surface area contributed by atoms with Gasteiger partial charge < -0.3 is 15.0 Å². The van der Waals surface area contributed by atoms with Crippen LogP contribution >= 0.6 is 11.3 Å². The number of rotatable bonds is 2. The highest BCUT2D eigenvalue weighted by molar-refractivity contribution is 7.17. The zero-order valence-corrected chi connectivity index (χ0v) is 12.8. The smallest absolute Gasteiger partial charge is 0.239 e. The lowest BCUT2D eigenvalue weighted by atomic mass is 9.91. The summed E-state index contributed by atoms with van der Waals surface area (Å²) >= 11 is 1.65. The number of nitrogens with zero attached hydrogens (tertiary/aromatic N) is 1. The molecular formula is C16H16N2O3S. The zero-order chi connectivity index (χ0) is 15.2. The van der Waals surface area contributed by atoms with Crippen molar-refractivity contribution in [2.75, 3.05) is 26.3 Å². The molecule has 5 nitrogen and oxygen atoms in total. The summed E-state index contributed by atoms with van der Waals surface area (Å²) in [5.41, 5.74) is 0.698. The van der Waals surface area contributed by atoms with Gasteiger partial charge in [0.05, 0.1) is 19.6 Å². The normalized spacial score (nSPS) is 20.0. The van der Waals surface area contributed by atoms with Crippen LogP contribution in [0.5, 0.6) is 0 Å². The third-order valence-corrected chi connectivity index (χ3v) is 5.45. The molecule has 1 N–H and O–H groups in total. The Kier molecular flexibility index (Phi) is 3.16. The Hall–Kier alpha value is -1.92. The largest absolute Gasteiger partial charge is 0.376 e. The van der Waals surface area contributed by atoms with Crippen LogP contribution in [0.4, 0.5) is 0 Å². The van der Waals surface area contributed by atoms with Crippen molar-refractivity contribution < 1.29 is 14.3 Å². The molecule has 0 bridgehead atoms. The summed E-state index contributed by atoms with van der Waals surface area (Å²) in [6, 6.07) is 8.09. The van der Waals surface area contributed by atoms with Crippen LogP contribution in [0.25, 0.3) is 10.1 Å². The van der Waals surface area contributed by atoms with E-state index in [0.717, 1.165) is 10.9 Å². The third kappa shape index (κ3) is 2.10. The molecule has 2 saturated heterocycles. The van der Waals surface area contributed by atoms with Crippen molar-refractivity contribution in [3.63, 3.8) is 0 Å². The first-order chi connectivity index (χ1) is 10.7. The SMILES string of the molecule is O=C1CN(C(=O)Cc2csc3ccccc23)C2(CN1)COC2. The van der Waals surface area contributed by atoms with Gasteiger partial charge in [-0.1, -0.05) is 18.2 Å². The molecule has 22 heavy (non-hydrogen) atoms. The number of carbonyl (C=O) groups is 2. The monoisotopic (exact) mass is 316 g/mol. The number of thiophene rings is 1. The van der Waals surface area contributed by atoms with Gasteiger partial charge in [-0.3, -0.25) is 9.59 Å². The molecular weight excluding hydrogens is 300 g/mol. The predicted molar refractivity (Wildman–Crippen MR) is 83.8 cm³/mol. The molecule has 0 atom stereocenters. The highest BCUT2D eigenvalue weighted by Gasteiger charge is 2.49. The summed E-state index contributed by atoms with van der Waals surface area (Å²) in [5.74, 6) is -0.0947. The van der Waals surface area contributed by atoms with E-state index < -0.39 is 0 Å². The van der Waals surface area contributed by atoms with Crippen LogP contribution in [0.1, 0.15) is 5.56 Å². The summed E-state index contributed by atoms with van der Waals surface area (Å²) < 4.78 is 6.48. The van der Waals surface area contributed by atoms with Crippen LogP contribution in [0.2, 0.25) is 0 Å². The number of piperazine rings is 1. The molecule has 1 spiro atoms. The number of fused-ring (bicyclic) bond motifs is 1. The first-order valence-electron chi connectivity index (χ1n) is 7.28. The maximum Gasteiger partial charge on any atom is 0.239 e. The fourth-order valence-corrected chi connectivity index (χ4v) is 4.06. The van der Waals surface area contributed by atoms with Crippen molar-refractivity contribution in [1.82, 2.24) is 10.2 Å². The van der Waals surface area contributed by atoms with Crippen molar-refractivity contribution in [3.8, 4) is 0 Å². The molecule has 1 aromatic carbocycles. The van der Waals surface area contributed by atoms with Gasteiger partial charge in [0.2, 0.25) is 11.8 Å². The van der Waals surface area contributed by atoms with Crippen molar-refractivity contribution in [1.29, 1.82) is 0 Å². The average Bonchev–Trinajstić information content (AvgIpc) is 2.89. The molecule has 2 amide bonds. The Morgan fingerprint density at radius 2 is 2.18 bits per heavy atom. The number of nitrogens with one attached hydrogen (secondary N) is 1. The Morgan fingerprint density at radius 1 is 1.36 bits per heavy atom. The Balaban J connectivity index is 1.59. The van der Waals surface area contributed by atoms with Gasteiger partial charge in [-0.15, -0.1) is 11.3 Å². The second-order valence-electron chi connectivity index (χ2n) is 5.91. The second-order valence-corrected chi connectivity index (χ2v) is 6.82. The molecule has 0 unspecified atom stereocenters. The number of carbonyl (C=O) groups excluding carboxylic acids is 2. The van der Waals surface area contributed by atoms with E-state index in [1.165, 1.54) is 4.70 Å². The molecule has 114 valence electrons. The van der Waals surface area contributed by atoms with Crippen molar-refractivity contribution in [2.24, 2.45) is 0 Å². The molecule has 2 fully saturated rings. The van der Waals surface area contributed by atoms with Gasteiger partial charge >= 0.3 is 0 Å². The van der Waals surface area contributed by atoms with E-state index in [4.69, 9.17) is 4.74 Å². The number of hydrogen-bond acceptors (Lipinski definition) is 4. The van der Waals surface area contributed by atoms with Crippen LogP contribution < -0.4 is 5.32 Å². The van der Waals surface area contributed by atoms with E-state index in [0.29, 0.717) is 26.2 Å². The maximum absolute atomic E-state index is 12.8. The van der Waals surface area contributed by atoms with Crippen LogP contribution in [-0.4, -0.2) is 48.6 Å². The molecule has 0 radical (unpaired) electrons. The molecule has 0 aliphatic carbocycles. The zero-order valence-electron chi connectivity index (χ0n) is 12.0. The minimum atomic E-state index is -0.336. The molecule has 6 heteroatoms. The van der Waals surface area contributed by atoms with Crippen LogP contribution in [0.3, 0.4) is 0 Å². The quantitative estimate of drug-likeness (QED) is 0.905. The van der Waals surface area contributed by atoms with Gasteiger partial charge in [-0.25, -0.2) is 0 Å². The number of amides is 2. The van der Waals surface area contributed by atoms with Gasteiger partial charge in [-0.2, -0.15) is 0 Å². The van der Waals surface area contributed by atoms with Gasteiger partial charge in [0.1, 0.15) is 12.1 Å². The van der Waals surface area contributed by atoms with E-state index in [1.54, 1.807) is 16.2 Å². The van der Waals surface area contributed by atoms with Gasteiger partial charge in [0.15, 0.2) is 0 Å². The van der Waals surface area contributed by atoms with Crippen molar-refractivity contribution in [3.05, 3.63) is 35.2 Å². The third-order valence-electron chi connectivity index (χ3n) is 4.43. The average molecular weight is 316 g/mol. The summed E-state index contributed by atoms with van der Waals surface area (Å²) in [6.45, 7) is 1.62. The lowest BCUT2D eigenvalue weighted by molar-refractivity contribution is -0.176. The van der Waals surface area contributed by atoms with Crippen molar-refractivity contribution >= 4 is 33.2 Å². The topological polar surface area (TPSA) is 58.6 Å². The van der Waals surface area contributed by atoms with Crippen LogP contribution in [0, 0.1) is 0 Å². The van der Waals surface area contributed by atoms with E-state index in [1.807, 2.05) is 23.6 Å². The summed E-state index contributed by atoms with van der Waals surface area (Å²) in [6.07, 6.45) is 0.332. The minimum absolute atomic E-state index is 0.00158. The first kappa shape index (κ1) is 13.7. The van der Waals surface area contributed by atoms with Gasteiger partial charge in [0.25, 0.3) is 0 Å². The summed E-state index contributed by atoms with van der Waals surface area (Å²) in [4.78, 5) is 26.1. The molecule has 3 heterocycles. The van der Waals surface area contributed by atoms with Gasteiger partial charge in [-0.05, 0) is 22.4 Å². The first-order valence-corrected chi connectivity index (χ1v) is 8.16. The Morgan fingerprint density at radius 3 is 2.95 bits per heavy atom. The van der Waals surface area contributed by atoms with E-state index in [2.05, 4.69) is 11.4 Å². The Labute approximate surface area is 131 Å². The predicted octanol–water partition coefficient (Wildman–Crippen LogP) is 1.17. The fraction of sp³-hybridized carbons (Fsp3) is 0.375. The number of benzene rings is 1. The van der Waals surface area contributed by atoms with E-state index in [-0.39, 0.29) is 23.9 Å². The highest BCUT2D eigenvalue weighted by atomic mass is 32.1. The standard InChI is InChI=1S/C16H16N2O3S/c19-14-6-18(16(8-17-14)9-21-10-16)15(20)5-11-7-22-13-4-2-1-3-12(11)13/h1-4,7H,5-6,8-10H2,(H,17,19). The molecule has 4 rings (SSSR count). The molecule has 0 saturated carbocycles. The molecule has 1 aromatic heterocycles. The second kappa shape index (κ2) is 5.07. The van der Waals surface area contributed by atoms with Gasteiger partial charge in [0, 0.05) is 11.2 Å². The summed E-state index contributed by atoms with van der Waals surface area (Å²) in [5, 5.41) is 6.00. The van der Waals surface area contributed by atoms with Crippen LogP contribution in [0.15, 0.2) is 29.6 Å². The lowest BCUT2D eigenvalue weighted by Crippen LogP contribution is -2.73. The highest BCUT2D eigenvalue weighted by Crippen LogP contribution is 2.30. The molecule has 2 aliphatic rings. The lowest BCUT2D eigenvalue weighted by Gasteiger charge is -2.51.